The summed E-state index contributed by atoms with van der Waals surface area (Å²) in [7, 11) is -0.608. The molecule has 1 aliphatic carbocycles. The third-order valence-corrected chi connectivity index (χ3v) is 8.17. The molecule has 3 fully saturated rings. The van der Waals surface area contributed by atoms with E-state index in [0.29, 0.717) is 11.8 Å². The summed E-state index contributed by atoms with van der Waals surface area (Å²) in [5, 5.41) is 0. The number of hydrogen-bond donors (Lipinski definition) is 0. The van der Waals surface area contributed by atoms with Gasteiger partial charge in [0.05, 0.1) is 22.4 Å². The Kier molecular flexibility index (Phi) is 5.65. The minimum absolute atomic E-state index is 0.0650. The van der Waals surface area contributed by atoms with E-state index in [2.05, 4.69) is 62.3 Å². The average Bonchev–Trinajstić information content (AvgIpc) is 2.87. The van der Waals surface area contributed by atoms with Gasteiger partial charge in [0.1, 0.15) is 0 Å². The summed E-state index contributed by atoms with van der Waals surface area (Å²) in [5.74, 6) is 1.11. The molecule has 0 aromatic carbocycles. The molecule has 3 aliphatic rings. The standard InChI is InChI=1S/C21H40B2O4/c1-15(16-13-11-10-12-14-16)17(22-24-18(2,3)19(4,5)25-22)23-26-20(6,7)21(8,9)27-23/h15-17H,10-14H2,1-9H3/t15-/m0/s1. The zero-order valence-corrected chi connectivity index (χ0v) is 19.1. The fourth-order valence-electron chi connectivity index (χ4n) is 4.69. The first-order valence-electron chi connectivity index (χ1n) is 11.0. The van der Waals surface area contributed by atoms with Gasteiger partial charge in [0.2, 0.25) is 0 Å². The predicted molar refractivity (Wildman–Crippen MR) is 112 cm³/mol. The Morgan fingerprint density at radius 3 is 1.30 bits per heavy atom. The molecule has 0 aromatic heterocycles. The molecule has 0 radical (unpaired) electrons. The van der Waals surface area contributed by atoms with E-state index in [1.807, 2.05) is 0 Å². The zero-order chi connectivity index (χ0) is 20.3. The monoisotopic (exact) mass is 378 g/mol. The Morgan fingerprint density at radius 2 is 0.963 bits per heavy atom. The Morgan fingerprint density at radius 1 is 0.630 bits per heavy atom. The highest BCUT2D eigenvalue weighted by Gasteiger charge is 2.63. The Balaban J connectivity index is 1.88. The lowest BCUT2D eigenvalue weighted by Gasteiger charge is -2.35. The van der Waals surface area contributed by atoms with Crippen molar-refractivity contribution in [1.82, 2.24) is 0 Å². The van der Waals surface area contributed by atoms with Gasteiger partial charge in [-0.2, -0.15) is 0 Å². The van der Waals surface area contributed by atoms with Crippen molar-refractivity contribution in [3.8, 4) is 0 Å². The van der Waals surface area contributed by atoms with Gasteiger partial charge in [-0.15, -0.1) is 0 Å². The number of rotatable bonds is 4. The molecule has 2 heterocycles. The van der Waals surface area contributed by atoms with E-state index in [0.717, 1.165) is 0 Å². The molecule has 6 heteroatoms. The first-order chi connectivity index (χ1) is 12.3. The van der Waals surface area contributed by atoms with E-state index in [1.165, 1.54) is 32.1 Å². The largest absolute Gasteiger partial charge is 0.459 e. The molecule has 1 saturated carbocycles. The lowest BCUT2D eigenvalue weighted by Crippen LogP contribution is -2.44. The third kappa shape index (κ3) is 3.89. The van der Waals surface area contributed by atoms with Gasteiger partial charge in [0.15, 0.2) is 0 Å². The van der Waals surface area contributed by atoms with Crippen molar-refractivity contribution in [2.24, 2.45) is 11.8 Å². The molecule has 2 saturated heterocycles. The van der Waals surface area contributed by atoms with Gasteiger partial charge >= 0.3 is 14.2 Å². The van der Waals surface area contributed by atoms with Crippen LogP contribution in [0.3, 0.4) is 0 Å². The molecule has 154 valence electrons. The van der Waals surface area contributed by atoms with Crippen LogP contribution in [0.15, 0.2) is 0 Å². The molecule has 27 heavy (non-hydrogen) atoms. The van der Waals surface area contributed by atoms with E-state index >= 15 is 0 Å². The van der Waals surface area contributed by atoms with Crippen LogP contribution in [0.2, 0.25) is 5.72 Å². The minimum atomic E-state index is -0.341. The Bertz CT molecular complexity index is 472. The first-order valence-corrected chi connectivity index (χ1v) is 11.0. The second kappa shape index (κ2) is 7.04. The molecular formula is C21H40B2O4. The topological polar surface area (TPSA) is 36.9 Å². The van der Waals surface area contributed by atoms with Crippen LogP contribution in [0, 0.1) is 11.8 Å². The maximum Gasteiger partial charge on any atom is 0.459 e. The second-order valence-electron chi connectivity index (χ2n) is 11.1. The summed E-state index contributed by atoms with van der Waals surface area (Å²) in [6.45, 7) is 19.4. The van der Waals surface area contributed by atoms with Gasteiger partial charge in [-0.25, -0.2) is 0 Å². The van der Waals surface area contributed by atoms with Crippen LogP contribution >= 0.6 is 0 Å². The number of hydrogen-bond acceptors (Lipinski definition) is 4. The van der Waals surface area contributed by atoms with Crippen molar-refractivity contribution in [2.75, 3.05) is 0 Å². The normalized spacial score (nSPS) is 30.9. The molecule has 2 aliphatic heterocycles. The summed E-state index contributed by atoms with van der Waals surface area (Å²) < 4.78 is 26.0. The molecule has 0 amide bonds. The predicted octanol–water partition coefficient (Wildman–Crippen LogP) is 5.30. The minimum Gasteiger partial charge on any atom is -0.403 e. The second-order valence-corrected chi connectivity index (χ2v) is 11.1. The highest BCUT2D eigenvalue weighted by molar-refractivity contribution is 6.68. The van der Waals surface area contributed by atoms with E-state index in [-0.39, 0.29) is 42.4 Å². The van der Waals surface area contributed by atoms with Crippen LogP contribution in [0.4, 0.5) is 0 Å². The molecule has 0 unspecified atom stereocenters. The first kappa shape index (κ1) is 21.7. The molecular weight excluding hydrogens is 338 g/mol. The molecule has 1 atom stereocenters. The Hall–Kier alpha value is -0.0301. The van der Waals surface area contributed by atoms with E-state index < -0.39 is 0 Å². The molecule has 4 nitrogen and oxygen atoms in total. The van der Waals surface area contributed by atoms with Crippen molar-refractivity contribution >= 4 is 14.2 Å². The van der Waals surface area contributed by atoms with Crippen molar-refractivity contribution < 1.29 is 18.6 Å². The van der Waals surface area contributed by atoms with E-state index in [1.54, 1.807) is 0 Å². The smallest absolute Gasteiger partial charge is 0.403 e. The van der Waals surface area contributed by atoms with Crippen LogP contribution in [-0.4, -0.2) is 36.6 Å². The highest BCUT2D eigenvalue weighted by Crippen LogP contribution is 2.50. The summed E-state index contributed by atoms with van der Waals surface area (Å²) >= 11 is 0. The van der Waals surface area contributed by atoms with Crippen LogP contribution in [-0.2, 0) is 18.6 Å². The van der Waals surface area contributed by atoms with E-state index in [9.17, 15) is 0 Å². The fraction of sp³-hybridized carbons (Fsp3) is 1.00. The summed E-state index contributed by atoms with van der Waals surface area (Å²) in [4.78, 5) is 0. The van der Waals surface area contributed by atoms with Crippen LogP contribution in [0.25, 0.3) is 0 Å². The average molecular weight is 378 g/mol. The van der Waals surface area contributed by atoms with Gasteiger partial charge < -0.3 is 18.6 Å². The fourth-order valence-corrected chi connectivity index (χ4v) is 4.69. The quantitative estimate of drug-likeness (QED) is 0.623. The van der Waals surface area contributed by atoms with Gasteiger partial charge in [0.25, 0.3) is 0 Å². The zero-order valence-electron chi connectivity index (χ0n) is 19.1. The molecule has 0 aromatic rings. The Labute approximate surface area is 167 Å². The van der Waals surface area contributed by atoms with Crippen molar-refractivity contribution in [2.45, 2.75) is 123 Å². The summed E-state index contributed by atoms with van der Waals surface area (Å²) in [6.07, 6.45) is 6.59. The van der Waals surface area contributed by atoms with Gasteiger partial charge in [-0.1, -0.05) is 39.0 Å². The SMILES string of the molecule is C[C@@H](C1CCCCC1)C(B1OC(C)(C)C(C)(C)O1)B1OC(C)(C)C(C)(C)O1. The maximum atomic E-state index is 6.50. The maximum absolute atomic E-state index is 6.50. The third-order valence-electron chi connectivity index (χ3n) is 8.17. The highest BCUT2D eigenvalue weighted by atomic mass is 16.7. The van der Waals surface area contributed by atoms with Crippen molar-refractivity contribution in [3.05, 3.63) is 0 Å². The van der Waals surface area contributed by atoms with Crippen molar-refractivity contribution in [3.63, 3.8) is 0 Å². The molecule has 3 rings (SSSR count). The van der Waals surface area contributed by atoms with Gasteiger partial charge in [0, 0.05) is 5.72 Å². The van der Waals surface area contributed by atoms with E-state index in [4.69, 9.17) is 18.6 Å². The van der Waals surface area contributed by atoms with Crippen LogP contribution < -0.4 is 0 Å². The lowest BCUT2D eigenvalue weighted by molar-refractivity contribution is 0.00578. The van der Waals surface area contributed by atoms with Gasteiger partial charge in [-0.05, 0) is 67.2 Å². The van der Waals surface area contributed by atoms with Crippen molar-refractivity contribution in [1.29, 1.82) is 0 Å². The molecule has 0 spiro atoms. The van der Waals surface area contributed by atoms with Gasteiger partial charge in [-0.3, -0.25) is 0 Å². The van der Waals surface area contributed by atoms with Crippen LogP contribution in [0.1, 0.15) is 94.4 Å². The molecule has 0 bridgehead atoms. The lowest BCUT2D eigenvalue weighted by atomic mass is 9.45. The summed E-state index contributed by atoms with van der Waals surface area (Å²) in [6, 6.07) is 0. The molecule has 0 N–H and O–H groups in total. The summed E-state index contributed by atoms with van der Waals surface area (Å²) in [5.41, 5.74) is -1.30. The van der Waals surface area contributed by atoms with Crippen LogP contribution in [0.5, 0.6) is 0 Å².